The van der Waals surface area contributed by atoms with E-state index in [1.54, 1.807) is 0 Å². The van der Waals surface area contributed by atoms with Crippen molar-refractivity contribution < 1.29 is 9.47 Å². The van der Waals surface area contributed by atoms with Crippen LogP contribution in [0.15, 0.2) is 83.9 Å². The van der Waals surface area contributed by atoms with E-state index in [0.717, 1.165) is 41.0 Å². The summed E-state index contributed by atoms with van der Waals surface area (Å²) in [7, 11) is 0. The first kappa shape index (κ1) is 18.6. The van der Waals surface area contributed by atoms with Crippen LogP contribution in [0.3, 0.4) is 0 Å². The molecule has 0 aliphatic heterocycles. The second-order valence-electron chi connectivity index (χ2n) is 6.88. The van der Waals surface area contributed by atoms with E-state index in [9.17, 15) is 0 Å². The first-order chi connectivity index (χ1) is 13.8. The molecule has 4 rings (SSSR count). The predicted molar refractivity (Wildman–Crippen MR) is 115 cm³/mol. The minimum Gasteiger partial charge on any atom is -0.457 e. The number of ether oxygens (including phenoxy) is 2. The molecule has 28 heavy (non-hydrogen) atoms. The molecule has 0 amide bonds. The fourth-order valence-electron chi connectivity index (χ4n) is 3.32. The molecule has 0 bridgehead atoms. The van der Waals surface area contributed by atoms with Crippen LogP contribution in [0, 0.1) is 0 Å². The molecule has 4 heteroatoms. The minimum atomic E-state index is 0.237. The van der Waals surface area contributed by atoms with E-state index in [4.69, 9.17) is 9.47 Å². The van der Waals surface area contributed by atoms with E-state index >= 15 is 0 Å². The average molecular weight is 388 g/mol. The standard InChI is InChI=1S/C24H21NO2S/c28-17-25-20-13-23(14-20)26-16-19-11-12-22(27-21-9-5-2-6-10-21)15-24(19)18-7-3-1-4-8-18/h1-12,15,20,23H,13-14,16H2/t20-,23+. The molecule has 3 aromatic rings. The lowest BCUT2D eigenvalue weighted by molar-refractivity contribution is -0.0180. The van der Waals surface area contributed by atoms with Gasteiger partial charge in [0.15, 0.2) is 0 Å². The van der Waals surface area contributed by atoms with Gasteiger partial charge in [0.25, 0.3) is 0 Å². The van der Waals surface area contributed by atoms with Gasteiger partial charge in [-0.2, -0.15) is 0 Å². The van der Waals surface area contributed by atoms with Gasteiger partial charge in [-0.1, -0.05) is 54.6 Å². The van der Waals surface area contributed by atoms with Crippen LogP contribution in [0.25, 0.3) is 11.1 Å². The quantitative estimate of drug-likeness (QED) is 0.352. The van der Waals surface area contributed by atoms with Crippen molar-refractivity contribution in [3.8, 4) is 22.6 Å². The molecule has 3 aromatic carbocycles. The van der Waals surface area contributed by atoms with Gasteiger partial charge in [0.2, 0.25) is 0 Å². The van der Waals surface area contributed by atoms with Gasteiger partial charge in [0.05, 0.1) is 23.9 Å². The predicted octanol–water partition coefficient (Wildman–Crippen LogP) is 6.30. The van der Waals surface area contributed by atoms with Crippen molar-refractivity contribution in [1.82, 2.24) is 0 Å². The first-order valence-corrected chi connectivity index (χ1v) is 9.82. The summed E-state index contributed by atoms with van der Waals surface area (Å²) in [5.74, 6) is 1.64. The van der Waals surface area contributed by atoms with Crippen molar-refractivity contribution >= 4 is 17.4 Å². The maximum absolute atomic E-state index is 6.10. The summed E-state index contributed by atoms with van der Waals surface area (Å²) in [6.45, 7) is 0.564. The number of rotatable bonds is 7. The second kappa shape index (κ2) is 8.94. The van der Waals surface area contributed by atoms with Crippen LogP contribution >= 0.6 is 12.2 Å². The zero-order valence-corrected chi connectivity index (χ0v) is 16.3. The minimum absolute atomic E-state index is 0.237. The lowest BCUT2D eigenvalue weighted by atomic mass is 9.90. The average Bonchev–Trinajstić information content (AvgIpc) is 2.71. The Morgan fingerprint density at radius 2 is 1.61 bits per heavy atom. The molecule has 0 heterocycles. The summed E-state index contributed by atoms with van der Waals surface area (Å²) in [6, 6.07) is 26.6. The van der Waals surface area contributed by atoms with Crippen molar-refractivity contribution in [3.63, 3.8) is 0 Å². The van der Waals surface area contributed by atoms with Crippen molar-refractivity contribution in [2.24, 2.45) is 4.99 Å². The highest BCUT2D eigenvalue weighted by Gasteiger charge is 2.29. The SMILES string of the molecule is S=C=N[C@H]1C[C@@H](OCc2ccc(Oc3ccccc3)cc2-c2ccccc2)C1. The Kier molecular flexibility index (Phi) is 5.93. The zero-order valence-electron chi connectivity index (χ0n) is 15.5. The fraction of sp³-hybridized carbons (Fsp3) is 0.208. The number of hydrogen-bond donors (Lipinski definition) is 0. The molecule has 0 N–H and O–H groups in total. The molecular weight excluding hydrogens is 366 g/mol. The number of nitrogens with zero attached hydrogens (tertiary/aromatic N) is 1. The Balaban J connectivity index is 1.53. The Labute approximate surface area is 170 Å². The molecule has 3 nitrogen and oxygen atoms in total. The van der Waals surface area contributed by atoms with Gasteiger partial charge in [0, 0.05) is 0 Å². The number of para-hydroxylation sites is 1. The smallest absolute Gasteiger partial charge is 0.128 e. The van der Waals surface area contributed by atoms with E-state index < -0.39 is 0 Å². The Hall–Kier alpha value is -2.78. The lowest BCUT2D eigenvalue weighted by Gasteiger charge is -2.31. The maximum atomic E-state index is 6.10. The molecule has 0 spiro atoms. The maximum Gasteiger partial charge on any atom is 0.128 e. The van der Waals surface area contributed by atoms with Gasteiger partial charge < -0.3 is 9.47 Å². The van der Waals surface area contributed by atoms with Crippen molar-refractivity contribution in [3.05, 3.63) is 84.4 Å². The first-order valence-electron chi connectivity index (χ1n) is 9.41. The van der Waals surface area contributed by atoms with Gasteiger partial charge >= 0.3 is 0 Å². The summed E-state index contributed by atoms with van der Waals surface area (Å²) in [6.07, 6.45) is 2.07. The Morgan fingerprint density at radius 1 is 0.893 bits per heavy atom. The van der Waals surface area contributed by atoms with E-state index in [1.807, 2.05) is 54.6 Å². The van der Waals surface area contributed by atoms with E-state index in [-0.39, 0.29) is 12.1 Å². The molecule has 1 fully saturated rings. The molecule has 0 radical (unpaired) electrons. The van der Waals surface area contributed by atoms with Crippen molar-refractivity contribution in [2.75, 3.05) is 0 Å². The summed E-state index contributed by atoms with van der Waals surface area (Å²) in [5, 5.41) is 2.46. The van der Waals surface area contributed by atoms with Crippen LogP contribution in [-0.4, -0.2) is 17.3 Å². The summed E-state index contributed by atoms with van der Waals surface area (Å²) >= 11 is 4.67. The second-order valence-corrected chi connectivity index (χ2v) is 7.06. The fourth-order valence-corrected chi connectivity index (χ4v) is 3.47. The number of isothiocyanates is 1. The van der Waals surface area contributed by atoms with Gasteiger partial charge in [-0.05, 0) is 66.0 Å². The van der Waals surface area contributed by atoms with Gasteiger partial charge in [0.1, 0.15) is 11.5 Å². The molecule has 1 aliphatic rings. The van der Waals surface area contributed by atoms with Crippen LogP contribution in [0.5, 0.6) is 11.5 Å². The molecule has 1 saturated carbocycles. The molecule has 140 valence electrons. The van der Waals surface area contributed by atoms with Crippen LogP contribution in [0.4, 0.5) is 0 Å². The highest BCUT2D eigenvalue weighted by atomic mass is 32.1. The topological polar surface area (TPSA) is 30.8 Å². The zero-order chi connectivity index (χ0) is 19.2. The largest absolute Gasteiger partial charge is 0.457 e. The third-order valence-electron chi connectivity index (χ3n) is 4.92. The van der Waals surface area contributed by atoms with Crippen LogP contribution in [0.1, 0.15) is 18.4 Å². The molecule has 0 saturated heterocycles. The van der Waals surface area contributed by atoms with Crippen molar-refractivity contribution in [2.45, 2.75) is 31.6 Å². The third-order valence-corrected chi connectivity index (χ3v) is 5.03. The summed E-state index contributed by atoms with van der Waals surface area (Å²) in [4.78, 5) is 4.12. The van der Waals surface area contributed by atoms with E-state index in [1.165, 1.54) is 0 Å². The highest BCUT2D eigenvalue weighted by molar-refractivity contribution is 7.78. The highest BCUT2D eigenvalue weighted by Crippen LogP contribution is 2.33. The number of thiocarbonyl (C=S) groups is 1. The normalized spacial score (nSPS) is 18.0. The van der Waals surface area contributed by atoms with Crippen LogP contribution < -0.4 is 4.74 Å². The molecule has 0 atom stereocenters. The molecule has 0 aromatic heterocycles. The van der Waals surface area contributed by atoms with Crippen LogP contribution in [-0.2, 0) is 11.3 Å². The lowest BCUT2D eigenvalue weighted by Crippen LogP contribution is -2.34. The Bertz CT molecular complexity index is 962. The molecule has 1 aliphatic carbocycles. The van der Waals surface area contributed by atoms with E-state index in [2.05, 4.69) is 46.6 Å². The summed E-state index contributed by atoms with van der Waals surface area (Å²) in [5.41, 5.74) is 3.42. The Morgan fingerprint density at radius 3 is 2.32 bits per heavy atom. The number of hydrogen-bond acceptors (Lipinski definition) is 4. The third kappa shape index (κ3) is 4.55. The van der Waals surface area contributed by atoms with Crippen LogP contribution in [0.2, 0.25) is 0 Å². The van der Waals surface area contributed by atoms with Crippen molar-refractivity contribution in [1.29, 1.82) is 0 Å². The summed E-state index contributed by atoms with van der Waals surface area (Å²) < 4.78 is 12.1. The molecule has 0 unspecified atom stereocenters. The monoisotopic (exact) mass is 387 g/mol. The van der Waals surface area contributed by atoms with Gasteiger partial charge in [-0.25, -0.2) is 4.99 Å². The molecular formula is C24H21NO2S. The van der Waals surface area contributed by atoms with E-state index in [0.29, 0.717) is 6.61 Å². The van der Waals surface area contributed by atoms with Gasteiger partial charge in [-0.3, -0.25) is 0 Å². The van der Waals surface area contributed by atoms with Gasteiger partial charge in [-0.15, -0.1) is 0 Å². The number of benzene rings is 3. The number of aliphatic imine (C=N–C) groups is 1.